The van der Waals surface area contributed by atoms with Crippen LogP contribution in [0.3, 0.4) is 0 Å². The van der Waals surface area contributed by atoms with Gasteiger partial charge in [-0.3, -0.25) is 24.0 Å². The van der Waals surface area contributed by atoms with E-state index in [0.717, 1.165) is 33.4 Å². The predicted octanol–water partition coefficient (Wildman–Crippen LogP) is 8.91. The van der Waals surface area contributed by atoms with Gasteiger partial charge in [0.05, 0.1) is 16.5 Å². The molecule has 0 aliphatic rings. The predicted molar refractivity (Wildman–Crippen MR) is 298 cm³/mol. The summed E-state index contributed by atoms with van der Waals surface area (Å²) in [5, 5.41) is 13.5. The molecule has 0 spiro atoms. The second-order valence-corrected chi connectivity index (χ2v) is 22.1. The van der Waals surface area contributed by atoms with E-state index >= 15 is 4.79 Å². The molecule has 392 valence electrons. The number of hydrogen-bond donors (Lipinski definition) is 5. The van der Waals surface area contributed by atoms with Crippen LogP contribution in [0.25, 0.3) is 0 Å². The number of alkyl carbamates (subject to hydrolysis) is 1. The Bertz CT molecular complexity index is 2640. The van der Waals surface area contributed by atoms with Crippen LogP contribution < -0.4 is 26.6 Å². The van der Waals surface area contributed by atoms with Crippen molar-refractivity contribution in [2.75, 3.05) is 24.6 Å². The van der Waals surface area contributed by atoms with Crippen LogP contribution in [0, 0.1) is 0 Å². The van der Waals surface area contributed by atoms with Gasteiger partial charge in [-0.05, 0) is 74.9 Å². The number of ether oxygens (including phenoxy) is 2. The lowest BCUT2D eigenvalue weighted by Crippen LogP contribution is -2.57. The van der Waals surface area contributed by atoms with Crippen LogP contribution in [-0.2, 0) is 44.6 Å². The number of nitrogens with one attached hydrogen (secondary N) is 5. The summed E-state index contributed by atoms with van der Waals surface area (Å²) >= 11 is 2.88. The Kier molecular flexibility index (Phi) is 20.7. The number of carbonyl (C=O) groups is 6. The van der Waals surface area contributed by atoms with Crippen LogP contribution in [0.15, 0.2) is 182 Å². The summed E-state index contributed by atoms with van der Waals surface area (Å²) in [7, 11) is 0. The zero-order valence-electron chi connectivity index (χ0n) is 43.2. The lowest BCUT2D eigenvalue weighted by Gasteiger charge is -2.36. The monoisotopic (exact) mass is 1050 g/mol. The van der Waals surface area contributed by atoms with E-state index in [-0.39, 0.29) is 23.2 Å². The van der Waals surface area contributed by atoms with E-state index in [9.17, 15) is 24.0 Å². The first-order chi connectivity index (χ1) is 35.9. The largest absolute Gasteiger partial charge is 0.459 e. The molecule has 0 heterocycles. The Morgan fingerprint density at radius 3 is 1.33 bits per heavy atom. The zero-order valence-corrected chi connectivity index (χ0v) is 44.9. The van der Waals surface area contributed by atoms with Gasteiger partial charge in [0.25, 0.3) is 0 Å². The van der Waals surface area contributed by atoms with Gasteiger partial charge in [0.15, 0.2) is 0 Å². The molecule has 0 aromatic heterocycles. The summed E-state index contributed by atoms with van der Waals surface area (Å²) in [6.45, 7) is 9.34. The maximum Gasteiger partial charge on any atom is 0.408 e. The van der Waals surface area contributed by atoms with Gasteiger partial charge >= 0.3 is 12.1 Å². The van der Waals surface area contributed by atoms with E-state index in [1.54, 1.807) is 65.8 Å². The normalized spacial score (nSPS) is 12.8. The van der Waals surface area contributed by atoms with Gasteiger partial charge in [-0.2, -0.15) is 0 Å². The summed E-state index contributed by atoms with van der Waals surface area (Å²) in [5.41, 5.74) is 3.82. The lowest BCUT2D eigenvalue weighted by molar-refractivity contribution is -0.154. The molecule has 5 N–H and O–H groups in total. The molecule has 75 heavy (non-hydrogen) atoms. The van der Waals surface area contributed by atoms with Crippen molar-refractivity contribution in [1.29, 1.82) is 0 Å². The standard InChI is InChI=1S/C60H67N5O8S2/c1-58(2,3)72-52(67)39-62-54(68)48(37-42-25-13-7-14-26-42)63-51(66)38-61-55(69)49(40-74-53(43-27-15-8-16-28-43)44-29-17-9-18-30-44)64-56(70)50(65-57(71)73-59(4,5)6)41-75-60(45-31-19-10-20-32-45,46-33-21-11-22-34-46)47-35-23-12-24-36-47/h7-36,48-50,53H,37-41H2,1-6H3,(H,61,69)(H,62,68)(H,63,66)(H,64,70)(H,65,71)/t48-,49-,50-/m0/s1. The smallest absolute Gasteiger partial charge is 0.408 e. The fourth-order valence-corrected chi connectivity index (χ4v) is 11.0. The SMILES string of the molecule is CC(C)(C)OC(=O)CNC(=O)[C@H](Cc1ccccc1)NC(=O)CNC(=O)[C@H](CSC(c1ccccc1)c1ccccc1)NC(=O)[C@H](CSC(c1ccccc1)(c1ccccc1)c1ccccc1)NC(=O)OC(C)(C)C. The molecule has 13 nitrogen and oxygen atoms in total. The highest BCUT2D eigenvalue weighted by atomic mass is 32.2. The number of amides is 5. The molecule has 0 saturated carbocycles. The van der Waals surface area contributed by atoms with Gasteiger partial charge in [-0.25, -0.2) is 4.79 Å². The summed E-state index contributed by atoms with van der Waals surface area (Å²) in [5.74, 6) is -3.27. The molecule has 5 amide bonds. The second kappa shape index (κ2) is 27.3. The van der Waals surface area contributed by atoms with Crippen molar-refractivity contribution in [1.82, 2.24) is 26.6 Å². The fraction of sp³-hybridized carbons (Fsp3) is 0.300. The topological polar surface area (TPSA) is 181 Å². The molecule has 0 saturated heterocycles. The molecule has 0 radical (unpaired) electrons. The first-order valence-electron chi connectivity index (χ1n) is 24.8. The average molecular weight is 1050 g/mol. The third-order valence-electron chi connectivity index (χ3n) is 11.5. The minimum Gasteiger partial charge on any atom is -0.459 e. The van der Waals surface area contributed by atoms with Crippen molar-refractivity contribution >= 4 is 59.2 Å². The van der Waals surface area contributed by atoms with E-state index in [1.807, 2.05) is 158 Å². The summed E-state index contributed by atoms with van der Waals surface area (Å²) in [4.78, 5) is 83.2. The van der Waals surface area contributed by atoms with Crippen LogP contribution in [0.2, 0.25) is 0 Å². The number of rotatable bonds is 23. The van der Waals surface area contributed by atoms with Gasteiger partial charge in [0.2, 0.25) is 23.6 Å². The van der Waals surface area contributed by atoms with Crippen LogP contribution in [0.5, 0.6) is 0 Å². The van der Waals surface area contributed by atoms with E-state index < -0.39 is 82.9 Å². The van der Waals surface area contributed by atoms with Crippen LogP contribution in [0.4, 0.5) is 4.79 Å². The molecule has 6 rings (SSSR count). The molecule has 6 aromatic carbocycles. The first kappa shape index (κ1) is 56.9. The Labute approximate surface area is 449 Å². The van der Waals surface area contributed by atoms with Crippen molar-refractivity contribution < 1.29 is 38.2 Å². The highest BCUT2D eigenvalue weighted by Crippen LogP contribution is 2.48. The highest BCUT2D eigenvalue weighted by molar-refractivity contribution is 8.00. The molecule has 0 bridgehead atoms. The van der Waals surface area contributed by atoms with Crippen molar-refractivity contribution in [2.45, 2.75) is 87.3 Å². The Morgan fingerprint density at radius 1 is 0.453 bits per heavy atom. The van der Waals surface area contributed by atoms with Crippen molar-refractivity contribution in [3.8, 4) is 0 Å². The zero-order chi connectivity index (χ0) is 53.9. The summed E-state index contributed by atoms with van der Waals surface area (Å²) < 4.78 is 10.2. The molecular formula is C60H67N5O8S2. The third kappa shape index (κ3) is 17.6. The Hall–Kier alpha value is -7.36. The van der Waals surface area contributed by atoms with Gasteiger partial charge in [-0.1, -0.05) is 182 Å². The quantitative estimate of drug-likeness (QED) is 0.0307. The van der Waals surface area contributed by atoms with Crippen LogP contribution in [0.1, 0.15) is 80.2 Å². The van der Waals surface area contributed by atoms with E-state index in [1.165, 1.54) is 23.5 Å². The third-order valence-corrected chi connectivity index (χ3v) is 14.5. The lowest BCUT2D eigenvalue weighted by atomic mass is 9.84. The van der Waals surface area contributed by atoms with Gasteiger partial charge in [0, 0.05) is 17.9 Å². The Morgan fingerprint density at radius 2 is 0.867 bits per heavy atom. The second-order valence-electron chi connectivity index (χ2n) is 19.7. The van der Waals surface area contributed by atoms with E-state index in [4.69, 9.17) is 9.47 Å². The maximum atomic E-state index is 15.0. The first-order valence-corrected chi connectivity index (χ1v) is 26.9. The van der Waals surface area contributed by atoms with E-state index in [0.29, 0.717) is 0 Å². The van der Waals surface area contributed by atoms with Gasteiger partial charge in [0.1, 0.15) is 35.9 Å². The molecule has 15 heteroatoms. The van der Waals surface area contributed by atoms with Crippen molar-refractivity contribution in [3.63, 3.8) is 0 Å². The number of esters is 1. The average Bonchev–Trinajstić information content (AvgIpc) is 3.40. The highest BCUT2D eigenvalue weighted by Gasteiger charge is 2.40. The summed E-state index contributed by atoms with van der Waals surface area (Å²) in [6.07, 6.45) is -0.742. The minimum absolute atomic E-state index is 0.0170. The molecule has 6 aromatic rings. The number of benzene rings is 6. The number of carbonyl (C=O) groups excluding carboxylic acids is 6. The number of thioether (sulfide) groups is 2. The fourth-order valence-electron chi connectivity index (χ4n) is 8.15. The van der Waals surface area contributed by atoms with E-state index in [2.05, 4.69) is 26.6 Å². The molecule has 3 atom stereocenters. The number of hydrogen-bond acceptors (Lipinski definition) is 10. The molecule has 0 aliphatic carbocycles. The van der Waals surface area contributed by atoms with Crippen molar-refractivity contribution in [2.24, 2.45) is 0 Å². The molecule has 0 fully saturated rings. The van der Waals surface area contributed by atoms with Gasteiger partial charge in [-0.15, -0.1) is 23.5 Å². The molecule has 0 aliphatic heterocycles. The molecular weight excluding hydrogens is 983 g/mol. The summed E-state index contributed by atoms with van der Waals surface area (Å²) in [6, 6.07) is 54.8. The maximum absolute atomic E-state index is 15.0. The van der Waals surface area contributed by atoms with Crippen molar-refractivity contribution in [3.05, 3.63) is 215 Å². The minimum atomic E-state index is -1.25. The van der Waals surface area contributed by atoms with Crippen LogP contribution in [-0.4, -0.2) is 89.6 Å². The Balaban J connectivity index is 1.30. The molecule has 0 unspecified atom stereocenters. The van der Waals surface area contributed by atoms with Gasteiger partial charge < -0.3 is 36.1 Å². The van der Waals surface area contributed by atoms with Crippen LogP contribution >= 0.6 is 23.5 Å².